The third kappa shape index (κ3) is 5.07. The van der Waals surface area contributed by atoms with Gasteiger partial charge in [-0.2, -0.15) is 0 Å². The van der Waals surface area contributed by atoms with Crippen LogP contribution in [0, 0.1) is 5.92 Å². The molecule has 1 heterocycles. The monoisotopic (exact) mass is 290 g/mol. The third-order valence-corrected chi connectivity index (χ3v) is 2.81. The molecule has 2 aromatic rings. The molecule has 0 atom stereocenters. The zero-order valence-corrected chi connectivity index (χ0v) is 12.5. The smallest absolute Gasteiger partial charge is 0.121 e. The van der Waals surface area contributed by atoms with E-state index in [0.29, 0.717) is 25.6 Å². The van der Waals surface area contributed by atoms with Crippen molar-refractivity contribution in [1.82, 2.24) is 15.0 Å². The van der Waals surface area contributed by atoms with E-state index in [1.165, 1.54) is 0 Å². The normalized spacial score (nSPS) is 10.9. The summed E-state index contributed by atoms with van der Waals surface area (Å²) in [7, 11) is 0. The molecular weight excluding hydrogens is 268 g/mol. The van der Waals surface area contributed by atoms with Crippen LogP contribution in [0.2, 0.25) is 0 Å². The number of ether oxygens (including phenoxy) is 1. The standard InChI is InChI=1S/C15H22N4O2/c1-12(2)11-21-15-5-3-4-13(8-15)16-9-14-10-19(6-7-20)18-17-14/h3-5,8,10,12,16,20H,6-7,9,11H2,1-2H3. The van der Waals surface area contributed by atoms with Crippen molar-refractivity contribution in [2.45, 2.75) is 26.9 Å². The first-order chi connectivity index (χ1) is 10.2. The van der Waals surface area contributed by atoms with Crippen LogP contribution in [0.3, 0.4) is 0 Å². The number of aliphatic hydroxyl groups is 1. The Morgan fingerprint density at radius 3 is 3.00 bits per heavy atom. The molecular formula is C15H22N4O2. The predicted molar refractivity (Wildman–Crippen MR) is 81.2 cm³/mol. The highest BCUT2D eigenvalue weighted by Gasteiger charge is 2.02. The van der Waals surface area contributed by atoms with Gasteiger partial charge >= 0.3 is 0 Å². The average Bonchev–Trinajstić information content (AvgIpc) is 2.92. The molecule has 114 valence electrons. The lowest BCUT2D eigenvalue weighted by Gasteiger charge is -2.10. The van der Waals surface area contributed by atoms with Crippen LogP contribution in [-0.4, -0.2) is 33.3 Å². The Kier molecular flexibility index (Phi) is 5.57. The number of anilines is 1. The van der Waals surface area contributed by atoms with Crippen LogP contribution in [0.5, 0.6) is 5.75 Å². The van der Waals surface area contributed by atoms with Gasteiger partial charge in [-0.3, -0.25) is 0 Å². The molecule has 6 heteroatoms. The summed E-state index contributed by atoms with van der Waals surface area (Å²) in [5.41, 5.74) is 1.81. The van der Waals surface area contributed by atoms with Gasteiger partial charge in [0.05, 0.1) is 32.5 Å². The summed E-state index contributed by atoms with van der Waals surface area (Å²) in [6.07, 6.45) is 1.82. The summed E-state index contributed by atoms with van der Waals surface area (Å²) >= 11 is 0. The molecule has 21 heavy (non-hydrogen) atoms. The lowest BCUT2D eigenvalue weighted by Crippen LogP contribution is -2.05. The Hall–Kier alpha value is -2.08. The highest BCUT2D eigenvalue weighted by Crippen LogP contribution is 2.18. The molecule has 0 aliphatic rings. The van der Waals surface area contributed by atoms with Crippen LogP contribution in [-0.2, 0) is 13.1 Å². The van der Waals surface area contributed by atoms with E-state index < -0.39 is 0 Å². The molecule has 2 rings (SSSR count). The van der Waals surface area contributed by atoms with E-state index in [1.54, 1.807) is 4.68 Å². The van der Waals surface area contributed by atoms with Crippen LogP contribution in [0.25, 0.3) is 0 Å². The van der Waals surface area contributed by atoms with Gasteiger partial charge in [-0.1, -0.05) is 25.1 Å². The minimum Gasteiger partial charge on any atom is -0.493 e. The lowest BCUT2D eigenvalue weighted by molar-refractivity contribution is 0.268. The Labute approximate surface area is 124 Å². The van der Waals surface area contributed by atoms with Gasteiger partial charge in [-0.15, -0.1) is 5.10 Å². The number of hydrogen-bond acceptors (Lipinski definition) is 5. The number of nitrogens with zero attached hydrogens (tertiary/aromatic N) is 3. The molecule has 0 aliphatic heterocycles. The zero-order chi connectivity index (χ0) is 15.1. The van der Waals surface area contributed by atoms with E-state index in [9.17, 15) is 0 Å². The SMILES string of the molecule is CC(C)COc1cccc(NCc2cn(CCO)nn2)c1. The number of nitrogens with one attached hydrogen (secondary N) is 1. The summed E-state index contributed by atoms with van der Waals surface area (Å²) in [6, 6.07) is 7.87. The summed E-state index contributed by atoms with van der Waals surface area (Å²) in [5, 5.41) is 20.1. The fraction of sp³-hybridized carbons (Fsp3) is 0.467. The number of rotatable bonds is 8. The average molecular weight is 290 g/mol. The Morgan fingerprint density at radius 1 is 1.38 bits per heavy atom. The molecule has 0 fully saturated rings. The van der Waals surface area contributed by atoms with Gasteiger partial charge in [0.2, 0.25) is 0 Å². The van der Waals surface area contributed by atoms with Crippen molar-refractivity contribution in [3.8, 4) is 5.75 Å². The quantitative estimate of drug-likeness (QED) is 0.777. The number of aliphatic hydroxyl groups excluding tert-OH is 1. The minimum absolute atomic E-state index is 0.0610. The van der Waals surface area contributed by atoms with E-state index in [1.807, 2.05) is 30.5 Å². The number of benzene rings is 1. The zero-order valence-electron chi connectivity index (χ0n) is 12.5. The molecule has 1 aromatic heterocycles. The molecule has 0 unspecified atom stereocenters. The van der Waals surface area contributed by atoms with Gasteiger partial charge in [-0.25, -0.2) is 4.68 Å². The summed E-state index contributed by atoms with van der Waals surface area (Å²) in [5.74, 6) is 1.36. The fourth-order valence-corrected chi connectivity index (χ4v) is 1.78. The maximum absolute atomic E-state index is 8.84. The van der Waals surface area contributed by atoms with Crippen molar-refractivity contribution in [3.05, 3.63) is 36.2 Å². The highest BCUT2D eigenvalue weighted by molar-refractivity contribution is 5.48. The maximum Gasteiger partial charge on any atom is 0.121 e. The molecule has 0 bridgehead atoms. The molecule has 1 aromatic carbocycles. The van der Waals surface area contributed by atoms with Crippen LogP contribution in [0.15, 0.2) is 30.5 Å². The largest absolute Gasteiger partial charge is 0.493 e. The molecule has 0 amide bonds. The van der Waals surface area contributed by atoms with Gasteiger partial charge in [0.25, 0.3) is 0 Å². The van der Waals surface area contributed by atoms with Crippen LogP contribution >= 0.6 is 0 Å². The summed E-state index contributed by atoms with van der Waals surface area (Å²) in [4.78, 5) is 0. The van der Waals surface area contributed by atoms with Gasteiger partial charge in [0.15, 0.2) is 0 Å². The topological polar surface area (TPSA) is 72.2 Å². The van der Waals surface area contributed by atoms with Gasteiger partial charge in [0, 0.05) is 11.8 Å². The first kappa shape index (κ1) is 15.3. The van der Waals surface area contributed by atoms with E-state index in [2.05, 4.69) is 29.5 Å². The second kappa shape index (κ2) is 7.64. The molecule has 0 spiro atoms. The van der Waals surface area contributed by atoms with Crippen molar-refractivity contribution in [3.63, 3.8) is 0 Å². The van der Waals surface area contributed by atoms with Gasteiger partial charge in [-0.05, 0) is 18.1 Å². The Balaban J connectivity index is 1.88. The molecule has 0 aliphatic carbocycles. The first-order valence-corrected chi connectivity index (χ1v) is 7.14. The number of hydrogen-bond donors (Lipinski definition) is 2. The highest BCUT2D eigenvalue weighted by atomic mass is 16.5. The van der Waals surface area contributed by atoms with Crippen molar-refractivity contribution in [2.24, 2.45) is 5.92 Å². The summed E-state index contributed by atoms with van der Waals surface area (Å²) in [6.45, 7) is 6.06. The van der Waals surface area contributed by atoms with Crippen molar-refractivity contribution < 1.29 is 9.84 Å². The van der Waals surface area contributed by atoms with Crippen molar-refractivity contribution >= 4 is 5.69 Å². The van der Waals surface area contributed by atoms with E-state index in [4.69, 9.17) is 9.84 Å². The van der Waals surface area contributed by atoms with E-state index >= 15 is 0 Å². The van der Waals surface area contributed by atoms with Crippen molar-refractivity contribution in [1.29, 1.82) is 0 Å². The number of aromatic nitrogens is 3. The van der Waals surface area contributed by atoms with Crippen LogP contribution < -0.4 is 10.1 Å². The Morgan fingerprint density at radius 2 is 2.24 bits per heavy atom. The molecule has 0 saturated heterocycles. The summed E-state index contributed by atoms with van der Waals surface area (Å²) < 4.78 is 7.32. The second-order valence-corrected chi connectivity index (χ2v) is 5.28. The Bertz CT molecular complexity index is 554. The molecule has 6 nitrogen and oxygen atoms in total. The van der Waals surface area contributed by atoms with E-state index in [-0.39, 0.29) is 6.61 Å². The third-order valence-electron chi connectivity index (χ3n) is 2.81. The van der Waals surface area contributed by atoms with Gasteiger partial charge in [0.1, 0.15) is 11.4 Å². The molecule has 0 radical (unpaired) electrons. The minimum atomic E-state index is 0.0610. The second-order valence-electron chi connectivity index (χ2n) is 5.28. The molecule has 0 saturated carbocycles. The molecule has 2 N–H and O–H groups in total. The maximum atomic E-state index is 8.84. The lowest BCUT2D eigenvalue weighted by atomic mass is 10.2. The predicted octanol–water partition coefficient (Wildman–Crippen LogP) is 1.92. The van der Waals surface area contributed by atoms with E-state index in [0.717, 1.165) is 17.1 Å². The first-order valence-electron chi connectivity index (χ1n) is 7.14. The van der Waals surface area contributed by atoms with Crippen molar-refractivity contribution in [2.75, 3.05) is 18.5 Å². The van der Waals surface area contributed by atoms with Crippen LogP contribution in [0.1, 0.15) is 19.5 Å². The fourth-order valence-electron chi connectivity index (χ4n) is 1.78. The van der Waals surface area contributed by atoms with Gasteiger partial charge < -0.3 is 15.2 Å². The van der Waals surface area contributed by atoms with Crippen LogP contribution in [0.4, 0.5) is 5.69 Å².